The van der Waals surface area contributed by atoms with E-state index in [2.05, 4.69) is 21.3 Å². The molecule has 0 unspecified atom stereocenters. The normalized spacial score (nSPS) is 24.1. The van der Waals surface area contributed by atoms with Gasteiger partial charge in [0.05, 0.1) is 31.6 Å². The van der Waals surface area contributed by atoms with Crippen LogP contribution in [-0.4, -0.2) is 240 Å². The summed E-state index contributed by atoms with van der Waals surface area (Å²) in [5.74, 6) is -10.1. The molecule has 4 N–H and O–H groups in total. The number of carbonyl (C=O) groups is 12. The molecule has 0 bridgehead atoms. The number of carbonyl (C=O) groups excluding carboxylic acids is 12. The van der Waals surface area contributed by atoms with Crippen molar-refractivity contribution in [2.75, 3.05) is 82.1 Å². The van der Waals surface area contributed by atoms with Crippen LogP contribution in [0.5, 0.6) is 0 Å². The molecular formula is C68H102ClF3N12O12. The van der Waals surface area contributed by atoms with Gasteiger partial charge in [0.25, 0.3) is 0 Å². The van der Waals surface area contributed by atoms with Crippen molar-refractivity contribution in [1.82, 2.24) is 60.5 Å². The van der Waals surface area contributed by atoms with Crippen molar-refractivity contribution in [3.63, 3.8) is 0 Å². The number of nitrogens with one attached hydrogen (secondary N) is 4. The summed E-state index contributed by atoms with van der Waals surface area (Å²) < 4.78 is 40.9. The first-order valence-corrected chi connectivity index (χ1v) is 33.3. The van der Waals surface area contributed by atoms with Gasteiger partial charge in [-0.1, -0.05) is 97.7 Å². The zero-order valence-corrected chi connectivity index (χ0v) is 59.4. The Bertz CT molecular complexity index is 3060. The maximum atomic E-state index is 15.2. The molecule has 12 amide bonds. The van der Waals surface area contributed by atoms with E-state index in [4.69, 9.17) is 11.6 Å². The molecule has 0 spiro atoms. The van der Waals surface area contributed by atoms with Crippen LogP contribution in [0.25, 0.3) is 0 Å². The highest BCUT2D eigenvalue weighted by atomic mass is 35.5. The van der Waals surface area contributed by atoms with Gasteiger partial charge in [-0.25, -0.2) is 0 Å². The Hall–Kier alpha value is -7.84. The summed E-state index contributed by atoms with van der Waals surface area (Å²) in [4.78, 5) is 184. The van der Waals surface area contributed by atoms with Crippen molar-refractivity contribution in [3.05, 3.63) is 70.2 Å². The molecule has 28 heteroatoms. The number of rotatable bonds is 14. The quantitative estimate of drug-likeness (QED) is 0.205. The highest BCUT2D eigenvalue weighted by Gasteiger charge is 2.42. The lowest BCUT2D eigenvalue weighted by Crippen LogP contribution is -2.60. The minimum atomic E-state index is -4.64. The summed E-state index contributed by atoms with van der Waals surface area (Å²) in [6, 6.07) is -0.0156. The first-order chi connectivity index (χ1) is 44.8. The number of amides is 12. The SMILES string of the molecule is CC[C@H](C)[C@@H]1NC(=O)[C@H](C)N(C)C(=O)C[C@@H](C(=O)N2CCCC2)NC(=O)[C@H](CC(C)C)N(C)C(=O)[C@H](CC(C)C)N(C)C(=O)[C@@H](CC(C)C)NC(=O)[C@H](CCc2ccc(C(F)(F)F)cc2)NC(=O)CN(C)C(=O)[C@H](Cc2ccc(Cl)cc2)N(C)C(=O)CN(C)C(=O)CN(C)C1=O. The number of aryl methyl sites for hydroxylation is 1. The molecule has 2 aromatic carbocycles. The van der Waals surface area contributed by atoms with Gasteiger partial charge in [0.1, 0.15) is 48.3 Å². The maximum absolute atomic E-state index is 15.2. The molecule has 96 heavy (non-hydrogen) atoms. The first kappa shape index (κ1) is 80.6. The molecule has 9 atom stereocenters. The van der Waals surface area contributed by atoms with E-state index in [1.54, 1.807) is 52.0 Å². The van der Waals surface area contributed by atoms with Gasteiger partial charge < -0.3 is 60.5 Å². The third-order valence-electron chi connectivity index (χ3n) is 17.9. The van der Waals surface area contributed by atoms with Crippen molar-refractivity contribution in [2.24, 2.45) is 23.7 Å². The predicted octanol–water partition coefficient (Wildman–Crippen LogP) is 4.39. The molecule has 4 rings (SSSR count). The number of likely N-dealkylation sites (N-methyl/N-ethyl adjacent to an activating group) is 7. The van der Waals surface area contributed by atoms with Crippen LogP contribution >= 0.6 is 11.6 Å². The largest absolute Gasteiger partial charge is 0.416 e. The molecule has 24 nitrogen and oxygen atoms in total. The van der Waals surface area contributed by atoms with E-state index in [1.165, 1.54) is 83.1 Å². The molecule has 0 saturated carbocycles. The van der Waals surface area contributed by atoms with Gasteiger partial charge in [-0.05, 0) is 111 Å². The standard InChI is InChI=1S/C68H102ClF3N12O12/c1-17-43(8)59-67(96)79(12)38-57(87)77(10)39-58(88)81(14)54(35-46-22-27-48(69)28-23-46)65(94)78(11)37-55(85)73-49(29-24-45-20-25-47(26-21-45)68(70,71)72)61(90)74-50(32-40(2)3)63(92)83(16)53(34-42(6)7)66(95)82(15)52(33-41(4)5)62(91)75-51(64(93)84-30-18-19-31-84)36-56(86)80(13)44(9)60(89)76-59/h20-23,25-28,40-44,49-54,59H,17-19,24,29-39H2,1-16H3,(H,73,85)(H,74,90)(H,75,91)(H,76,89)/t43-,44-,49-,50+,51-,52-,53-,54-,59-/m0/s1. The second kappa shape index (κ2) is 36.5. The van der Waals surface area contributed by atoms with Crippen LogP contribution in [0.4, 0.5) is 13.2 Å². The van der Waals surface area contributed by atoms with E-state index < -0.39 is 163 Å². The van der Waals surface area contributed by atoms with Crippen molar-refractivity contribution >= 4 is 82.5 Å². The molecular weight excluding hydrogens is 1270 g/mol. The highest BCUT2D eigenvalue weighted by molar-refractivity contribution is 6.30. The van der Waals surface area contributed by atoms with Crippen LogP contribution in [0.1, 0.15) is 130 Å². The monoisotopic (exact) mass is 1370 g/mol. The van der Waals surface area contributed by atoms with Gasteiger partial charge in [0.2, 0.25) is 70.9 Å². The van der Waals surface area contributed by atoms with E-state index in [1.807, 2.05) is 27.7 Å². The Morgan fingerprint density at radius 1 is 0.542 bits per heavy atom. The van der Waals surface area contributed by atoms with E-state index in [9.17, 15) is 61.1 Å². The summed E-state index contributed by atoms with van der Waals surface area (Å²) in [6.07, 6.45) is -3.82. The van der Waals surface area contributed by atoms with Gasteiger partial charge in [-0.2, -0.15) is 13.2 Å². The molecule has 2 aliphatic heterocycles. The fourth-order valence-corrected chi connectivity index (χ4v) is 11.6. The third-order valence-corrected chi connectivity index (χ3v) is 18.2. The van der Waals surface area contributed by atoms with Crippen LogP contribution < -0.4 is 21.3 Å². The van der Waals surface area contributed by atoms with E-state index in [0.29, 0.717) is 48.5 Å². The fraction of sp³-hybridized carbons (Fsp3) is 0.647. The average molecular weight is 1370 g/mol. The smallest absolute Gasteiger partial charge is 0.343 e. The Morgan fingerprint density at radius 2 is 1.07 bits per heavy atom. The Morgan fingerprint density at radius 3 is 1.62 bits per heavy atom. The lowest BCUT2D eigenvalue weighted by atomic mass is 9.96. The number of nitrogens with zero attached hydrogens (tertiary/aromatic N) is 8. The van der Waals surface area contributed by atoms with E-state index in [0.717, 1.165) is 36.6 Å². The Labute approximate surface area is 568 Å². The van der Waals surface area contributed by atoms with E-state index >= 15 is 9.59 Å². The van der Waals surface area contributed by atoms with Crippen molar-refractivity contribution in [2.45, 2.75) is 181 Å². The highest BCUT2D eigenvalue weighted by Crippen LogP contribution is 2.30. The summed E-state index contributed by atoms with van der Waals surface area (Å²) in [5.41, 5.74) is -0.00348. The molecule has 2 heterocycles. The van der Waals surface area contributed by atoms with Crippen molar-refractivity contribution in [1.29, 1.82) is 0 Å². The Balaban J connectivity index is 1.88. The zero-order chi connectivity index (χ0) is 72.4. The lowest BCUT2D eigenvalue weighted by molar-refractivity contribution is -0.150. The summed E-state index contributed by atoms with van der Waals surface area (Å²) >= 11 is 6.21. The van der Waals surface area contributed by atoms with Crippen LogP contribution in [0.2, 0.25) is 5.02 Å². The summed E-state index contributed by atoms with van der Waals surface area (Å²) in [6.45, 7) is 14.6. The number of hydrogen-bond donors (Lipinski definition) is 4. The van der Waals surface area contributed by atoms with Crippen LogP contribution in [0.15, 0.2) is 48.5 Å². The summed E-state index contributed by atoms with van der Waals surface area (Å²) in [5, 5.41) is 11.4. The number of halogens is 4. The molecule has 2 aliphatic rings. The molecule has 0 aromatic heterocycles. The maximum Gasteiger partial charge on any atom is 0.416 e. The minimum absolute atomic E-state index is 0.00677. The first-order valence-electron chi connectivity index (χ1n) is 33.0. The average Bonchev–Trinajstić information content (AvgIpc) is 0.928. The van der Waals surface area contributed by atoms with Crippen molar-refractivity contribution in [3.8, 4) is 0 Å². The molecule has 534 valence electrons. The topological polar surface area (TPSA) is 279 Å². The number of alkyl halides is 3. The van der Waals surface area contributed by atoms with Gasteiger partial charge in [-0.15, -0.1) is 0 Å². The van der Waals surface area contributed by atoms with Gasteiger partial charge >= 0.3 is 6.18 Å². The molecule has 2 fully saturated rings. The second-order valence-electron chi connectivity index (χ2n) is 27.1. The van der Waals surface area contributed by atoms with Gasteiger partial charge in [0.15, 0.2) is 0 Å². The minimum Gasteiger partial charge on any atom is -0.343 e. The van der Waals surface area contributed by atoms with Crippen LogP contribution in [-0.2, 0) is 76.6 Å². The second-order valence-corrected chi connectivity index (χ2v) is 27.5. The van der Waals surface area contributed by atoms with E-state index in [-0.39, 0.29) is 56.3 Å². The summed E-state index contributed by atoms with van der Waals surface area (Å²) in [7, 11) is 9.43. The number of likely N-dealkylation sites (tertiary alicyclic amines) is 1. The molecule has 0 aliphatic carbocycles. The zero-order valence-electron chi connectivity index (χ0n) is 58.6. The number of benzene rings is 2. The Kier molecular flexibility index (Phi) is 30.6. The molecule has 2 saturated heterocycles. The molecule has 0 radical (unpaired) electrons. The molecule has 2 aromatic rings. The van der Waals surface area contributed by atoms with Gasteiger partial charge in [0, 0.05) is 73.9 Å². The fourth-order valence-electron chi connectivity index (χ4n) is 11.5. The van der Waals surface area contributed by atoms with Crippen molar-refractivity contribution < 1.29 is 70.7 Å². The predicted molar refractivity (Wildman–Crippen MR) is 356 cm³/mol. The number of hydrogen-bond acceptors (Lipinski definition) is 12. The third kappa shape index (κ3) is 23.2. The van der Waals surface area contributed by atoms with Crippen LogP contribution in [0, 0.1) is 23.7 Å². The van der Waals surface area contributed by atoms with Gasteiger partial charge in [-0.3, -0.25) is 57.5 Å². The lowest BCUT2D eigenvalue weighted by Gasteiger charge is -2.37. The van der Waals surface area contributed by atoms with Crippen LogP contribution in [0.3, 0.4) is 0 Å².